The van der Waals surface area contributed by atoms with E-state index >= 15 is 0 Å². The largest absolute Gasteiger partial charge is 0.411 e. The standard InChI is InChI=1S/C20H16FN9O2/c1-10-7-14(25-24-10)18-26-27-19(32-18)20(31)29-6-4-12-16(23-9-22-12)17(29)13-8-15-11(21)3-2-5-30(15)28-13/h2-3,5,7-9,17H,4,6H2,1H3,(H,22,23)(H,24,25)/t17-/m0/s1. The van der Waals surface area contributed by atoms with Gasteiger partial charge in [-0.25, -0.2) is 13.9 Å². The topological polar surface area (TPSA) is 134 Å². The zero-order valence-corrected chi connectivity index (χ0v) is 16.8. The van der Waals surface area contributed by atoms with Gasteiger partial charge in [-0.05, 0) is 31.2 Å². The number of pyridine rings is 1. The first-order chi connectivity index (χ1) is 15.6. The summed E-state index contributed by atoms with van der Waals surface area (Å²) < 4.78 is 21.3. The second-order valence-corrected chi connectivity index (χ2v) is 7.52. The Hall–Kier alpha value is -4.35. The van der Waals surface area contributed by atoms with Crippen LogP contribution in [0.3, 0.4) is 0 Å². The Morgan fingerprint density at radius 2 is 2.22 bits per heavy atom. The number of rotatable bonds is 3. The van der Waals surface area contributed by atoms with Gasteiger partial charge in [-0.15, -0.1) is 10.2 Å². The summed E-state index contributed by atoms with van der Waals surface area (Å²) in [6.07, 6.45) is 3.80. The fourth-order valence-corrected chi connectivity index (χ4v) is 3.99. The molecule has 0 aromatic carbocycles. The van der Waals surface area contributed by atoms with Crippen molar-refractivity contribution >= 4 is 11.4 Å². The van der Waals surface area contributed by atoms with Crippen LogP contribution < -0.4 is 0 Å². The third kappa shape index (κ3) is 2.80. The number of carbonyl (C=O) groups is 1. The summed E-state index contributed by atoms with van der Waals surface area (Å²) >= 11 is 0. The van der Waals surface area contributed by atoms with Gasteiger partial charge in [0.05, 0.1) is 17.7 Å². The Labute approximate surface area is 179 Å². The number of aromatic amines is 2. The molecule has 6 heterocycles. The van der Waals surface area contributed by atoms with Gasteiger partial charge in [0.1, 0.15) is 23.1 Å². The number of nitrogens with zero attached hydrogens (tertiary/aromatic N) is 7. The summed E-state index contributed by atoms with van der Waals surface area (Å²) in [4.78, 5) is 22.5. The normalized spacial score (nSPS) is 15.9. The van der Waals surface area contributed by atoms with Crippen molar-refractivity contribution in [3.05, 3.63) is 71.3 Å². The van der Waals surface area contributed by atoms with Gasteiger partial charge in [-0.3, -0.25) is 9.89 Å². The van der Waals surface area contributed by atoms with Crippen molar-refractivity contribution < 1.29 is 13.6 Å². The maximum absolute atomic E-state index is 14.3. The zero-order chi connectivity index (χ0) is 21.8. The number of halogens is 1. The van der Waals surface area contributed by atoms with Gasteiger partial charge in [0.15, 0.2) is 0 Å². The highest BCUT2D eigenvalue weighted by Gasteiger charge is 2.38. The van der Waals surface area contributed by atoms with Crippen LogP contribution >= 0.6 is 0 Å². The number of nitrogens with one attached hydrogen (secondary N) is 2. The van der Waals surface area contributed by atoms with Gasteiger partial charge in [0, 0.05) is 30.6 Å². The third-order valence-corrected chi connectivity index (χ3v) is 5.47. The quantitative estimate of drug-likeness (QED) is 0.445. The van der Waals surface area contributed by atoms with Crippen molar-refractivity contribution in [3.63, 3.8) is 0 Å². The molecule has 0 spiro atoms. The maximum atomic E-state index is 14.3. The molecule has 1 aliphatic heterocycles. The van der Waals surface area contributed by atoms with Gasteiger partial charge in [0.2, 0.25) is 0 Å². The Balaban J connectivity index is 1.41. The lowest BCUT2D eigenvalue weighted by molar-refractivity contribution is 0.0646. The summed E-state index contributed by atoms with van der Waals surface area (Å²) in [5.74, 6) is -0.897. The molecular weight excluding hydrogens is 417 g/mol. The molecule has 1 atom stereocenters. The Morgan fingerprint density at radius 3 is 3.03 bits per heavy atom. The average molecular weight is 433 g/mol. The van der Waals surface area contributed by atoms with Gasteiger partial charge in [-0.1, -0.05) is 0 Å². The highest BCUT2D eigenvalue weighted by molar-refractivity contribution is 5.90. The molecule has 160 valence electrons. The van der Waals surface area contributed by atoms with Crippen LogP contribution in [0.2, 0.25) is 0 Å². The zero-order valence-electron chi connectivity index (χ0n) is 16.8. The summed E-state index contributed by atoms with van der Waals surface area (Å²) in [6.45, 7) is 2.21. The molecule has 0 saturated carbocycles. The predicted octanol–water partition coefficient (Wildman–Crippen LogP) is 2.07. The molecule has 0 radical (unpaired) electrons. The molecule has 12 heteroatoms. The Morgan fingerprint density at radius 1 is 1.31 bits per heavy atom. The molecule has 2 N–H and O–H groups in total. The van der Waals surface area contributed by atoms with E-state index in [1.807, 2.05) is 6.92 Å². The monoisotopic (exact) mass is 433 g/mol. The van der Waals surface area contributed by atoms with Crippen molar-refractivity contribution in [2.45, 2.75) is 19.4 Å². The van der Waals surface area contributed by atoms with Gasteiger partial charge < -0.3 is 14.3 Å². The van der Waals surface area contributed by atoms with Gasteiger partial charge in [-0.2, -0.15) is 10.2 Å². The van der Waals surface area contributed by atoms with E-state index in [0.717, 1.165) is 11.4 Å². The lowest BCUT2D eigenvalue weighted by Gasteiger charge is -2.32. The SMILES string of the molecule is Cc1cc(-c2nnc(C(=O)N3CCc4[nH]cnc4[C@@H]3c3cc4c(F)cccn4n3)o2)n[nH]1. The lowest BCUT2D eigenvalue weighted by Crippen LogP contribution is -2.41. The van der Waals surface area contributed by atoms with E-state index in [0.29, 0.717) is 35.6 Å². The van der Waals surface area contributed by atoms with E-state index in [2.05, 4.69) is 35.5 Å². The maximum Gasteiger partial charge on any atom is 0.312 e. The number of hydrogen-bond acceptors (Lipinski definition) is 7. The van der Waals surface area contributed by atoms with Crippen LogP contribution in [0, 0.1) is 12.7 Å². The summed E-state index contributed by atoms with van der Waals surface area (Å²) in [5.41, 5.74) is 3.62. The minimum Gasteiger partial charge on any atom is -0.411 e. The van der Waals surface area contributed by atoms with Crippen LogP contribution in [-0.2, 0) is 6.42 Å². The number of aromatic nitrogens is 8. The fraction of sp³-hybridized carbons (Fsp3) is 0.200. The summed E-state index contributed by atoms with van der Waals surface area (Å²) in [5, 5.41) is 19.3. The molecule has 0 bridgehead atoms. The van der Waals surface area contributed by atoms with Crippen molar-refractivity contribution in [2.75, 3.05) is 6.54 Å². The van der Waals surface area contributed by atoms with Gasteiger partial charge >= 0.3 is 11.8 Å². The molecule has 1 aliphatic rings. The number of fused-ring (bicyclic) bond motifs is 2. The summed E-state index contributed by atoms with van der Waals surface area (Å²) in [6, 6.07) is 5.66. The minimum atomic E-state index is -0.639. The number of amides is 1. The van der Waals surface area contributed by atoms with Crippen molar-refractivity contribution in [3.8, 4) is 11.6 Å². The number of carbonyl (C=O) groups excluding carboxylic acids is 1. The van der Waals surface area contributed by atoms with E-state index in [1.165, 1.54) is 10.6 Å². The molecule has 11 nitrogen and oxygen atoms in total. The number of H-pyrrole nitrogens is 2. The molecule has 0 fully saturated rings. The molecule has 32 heavy (non-hydrogen) atoms. The van der Waals surface area contributed by atoms with E-state index in [1.54, 1.807) is 35.6 Å². The smallest absolute Gasteiger partial charge is 0.312 e. The van der Waals surface area contributed by atoms with Crippen molar-refractivity contribution in [1.82, 2.24) is 44.9 Å². The van der Waals surface area contributed by atoms with Crippen LogP contribution in [0.4, 0.5) is 4.39 Å². The van der Waals surface area contributed by atoms with E-state index in [4.69, 9.17) is 4.42 Å². The van der Waals surface area contributed by atoms with E-state index in [9.17, 15) is 9.18 Å². The number of imidazole rings is 1. The number of hydrogen-bond donors (Lipinski definition) is 2. The van der Waals surface area contributed by atoms with Crippen molar-refractivity contribution in [1.29, 1.82) is 0 Å². The average Bonchev–Trinajstić information content (AvgIpc) is 3.57. The molecule has 0 aliphatic carbocycles. The van der Waals surface area contributed by atoms with Crippen LogP contribution in [0.1, 0.15) is 39.5 Å². The molecule has 1 amide bonds. The Bertz CT molecular complexity index is 1460. The molecular formula is C20H16FN9O2. The molecule has 5 aromatic rings. The highest BCUT2D eigenvalue weighted by Crippen LogP contribution is 2.34. The Kier molecular flexibility index (Phi) is 3.93. The van der Waals surface area contributed by atoms with Crippen LogP contribution in [0.5, 0.6) is 0 Å². The first kappa shape index (κ1) is 18.4. The molecule has 0 unspecified atom stereocenters. The molecule has 5 aromatic heterocycles. The second-order valence-electron chi connectivity index (χ2n) is 7.52. The highest BCUT2D eigenvalue weighted by atomic mass is 19.1. The predicted molar refractivity (Wildman–Crippen MR) is 107 cm³/mol. The molecule has 6 rings (SSSR count). The van der Waals surface area contributed by atoms with Crippen LogP contribution in [-0.4, -0.2) is 57.3 Å². The van der Waals surface area contributed by atoms with E-state index < -0.39 is 17.8 Å². The first-order valence-corrected chi connectivity index (χ1v) is 9.91. The van der Waals surface area contributed by atoms with Gasteiger partial charge in [0.25, 0.3) is 5.89 Å². The second kappa shape index (κ2) is 6.83. The van der Waals surface area contributed by atoms with E-state index in [-0.39, 0.29) is 11.8 Å². The molecule has 0 saturated heterocycles. The number of aryl methyl sites for hydroxylation is 1. The first-order valence-electron chi connectivity index (χ1n) is 9.91. The van der Waals surface area contributed by atoms with Crippen LogP contribution in [0.15, 0.2) is 41.2 Å². The lowest BCUT2D eigenvalue weighted by atomic mass is 9.99. The van der Waals surface area contributed by atoms with Crippen molar-refractivity contribution in [2.24, 2.45) is 0 Å². The fourth-order valence-electron chi connectivity index (χ4n) is 3.99. The van der Waals surface area contributed by atoms with Crippen LogP contribution in [0.25, 0.3) is 17.1 Å². The minimum absolute atomic E-state index is 0.140. The summed E-state index contributed by atoms with van der Waals surface area (Å²) in [7, 11) is 0. The third-order valence-electron chi connectivity index (χ3n) is 5.47.